The number of nitrogens with zero attached hydrogens (tertiary/aromatic N) is 1. The zero-order valence-electron chi connectivity index (χ0n) is 15.4. The van der Waals surface area contributed by atoms with E-state index in [-0.39, 0.29) is 17.6 Å². The van der Waals surface area contributed by atoms with E-state index in [1.165, 1.54) is 0 Å². The molecule has 1 heterocycles. The maximum Gasteiger partial charge on any atom is 0.181 e. The van der Waals surface area contributed by atoms with Gasteiger partial charge in [-0.3, -0.25) is 9.69 Å². The zero-order chi connectivity index (χ0) is 18.9. The lowest BCUT2D eigenvalue weighted by Crippen LogP contribution is -2.55. The van der Waals surface area contributed by atoms with Crippen molar-refractivity contribution in [1.82, 2.24) is 10.2 Å². The molecular weight excluding hydrogens is 360 g/mol. The number of fused-ring (bicyclic) bond motifs is 1. The van der Waals surface area contributed by atoms with Gasteiger partial charge < -0.3 is 5.32 Å². The van der Waals surface area contributed by atoms with Crippen LogP contribution in [-0.2, 0) is 9.84 Å². The van der Waals surface area contributed by atoms with Crippen LogP contribution in [0.3, 0.4) is 0 Å². The van der Waals surface area contributed by atoms with Gasteiger partial charge in [0.2, 0.25) is 0 Å². The average molecular weight is 387 g/mol. The first-order valence-electron chi connectivity index (χ1n) is 9.71. The Labute approximate surface area is 160 Å². The van der Waals surface area contributed by atoms with Gasteiger partial charge in [0.25, 0.3) is 0 Å². The van der Waals surface area contributed by atoms with Gasteiger partial charge in [0, 0.05) is 31.7 Å². The smallest absolute Gasteiger partial charge is 0.181 e. The second-order valence-electron chi connectivity index (χ2n) is 7.70. The summed E-state index contributed by atoms with van der Waals surface area (Å²) in [4.78, 5) is 15.4. The van der Waals surface area contributed by atoms with Gasteiger partial charge in [-0.05, 0) is 29.5 Å². The summed E-state index contributed by atoms with van der Waals surface area (Å²) in [7, 11) is -3.04. The molecule has 0 spiro atoms. The van der Waals surface area contributed by atoms with E-state index in [0.717, 1.165) is 30.2 Å². The van der Waals surface area contributed by atoms with E-state index in [4.69, 9.17) is 0 Å². The van der Waals surface area contributed by atoms with E-state index in [0.29, 0.717) is 36.9 Å². The maximum atomic E-state index is 13.3. The van der Waals surface area contributed by atoms with Crippen LogP contribution in [0.5, 0.6) is 0 Å². The van der Waals surface area contributed by atoms with Crippen molar-refractivity contribution in [3.8, 4) is 0 Å². The average Bonchev–Trinajstić information content (AvgIpc) is 3.49. The molecule has 4 rings (SSSR count). The molecule has 0 amide bonds. The highest BCUT2D eigenvalue weighted by atomic mass is 32.2. The SMILES string of the molecule is O=C(c1cccc2ccccc12)[C@@H]1CNCCN1CCS(=O)(=O)CC1CC1. The number of rotatable bonds is 7. The number of piperazine rings is 1. The van der Waals surface area contributed by atoms with E-state index in [1.807, 2.05) is 47.4 Å². The molecule has 2 aromatic carbocycles. The lowest BCUT2D eigenvalue weighted by molar-refractivity contribution is 0.0787. The summed E-state index contributed by atoms with van der Waals surface area (Å²) < 4.78 is 24.6. The number of carbonyl (C=O) groups excluding carboxylic acids is 1. The second kappa shape index (κ2) is 7.70. The molecule has 0 unspecified atom stereocenters. The quantitative estimate of drug-likeness (QED) is 0.739. The summed E-state index contributed by atoms with van der Waals surface area (Å²) in [5.74, 6) is 0.883. The first-order chi connectivity index (χ1) is 13.0. The normalized spacial score (nSPS) is 21.4. The first kappa shape index (κ1) is 18.6. The van der Waals surface area contributed by atoms with Crippen LogP contribution in [0.1, 0.15) is 23.2 Å². The molecule has 1 saturated carbocycles. The first-order valence-corrected chi connectivity index (χ1v) is 11.5. The van der Waals surface area contributed by atoms with E-state index < -0.39 is 9.84 Å². The van der Waals surface area contributed by atoms with Gasteiger partial charge in [0.15, 0.2) is 15.6 Å². The molecule has 1 aliphatic heterocycles. The predicted octanol–water partition coefficient (Wildman–Crippen LogP) is 2.12. The lowest BCUT2D eigenvalue weighted by atomic mass is 9.96. The van der Waals surface area contributed by atoms with E-state index in [1.54, 1.807) is 0 Å². The summed E-state index contributed by atoms with van der Waals surface area (Å²) >= 11 is 0. The molecule has 1 atom stereocenters. The minimum atomic E-state index is -3.04. The van der Waals surface area contributed by atoms with Gasteiger partial charge in [-0.25, -0.2) is 8.42 Å². The molecule has 0 bridgehead atoms. The topological polar surface area (TPSA) is 66.5 Å². The molecule has 2 aliphatic rings. The van der Waals surface area contributed by atoms with Gasteiger partial charge in [-0.15, -0.1) is 0 Å². The summed E-state index contributed by atoms with van der Waals surface area (Å²) in [6, 6.07) is 13.4. The highest BCUT2D eigenvalue weighted by Gasteiger charge is 2.32. The number of hydrogen-bond acceptors (Lipinski definition) is 5. The molecule has 0 radical (unpaired) electrons. The third kappa shape index (κ3) is 4.39. The largest absolute Gasteiger partial charge is 0.313 e. The highest BCUT2D eigenvalue weighted by Crippen LogP contribution is 2.30. The van der Waals surface area contributed by atoms with Gasteiger partial charge in [-0.1, -0.05) is 42.5 Å². The van der Waals surface area contributed by atoms with Crippen LogP contribution in [0.4, 0.5) is 0 Å². The van der Waals surface area contributed by atoms with Crippen molar-refractivity contribution >= 4 is 26.4 Å². The van der Waals surface area contributed by atoms with Crippen LogP contribution in [0.2, 0.25) is 0 Å². The Morgan fingerprint density at radius 1 is 1.11 bits per heavy atom. The Hall–Kier alpha value is -1.76. The number of benzene rings is 2. The minimum absolute atomic E-state index is 0.0681. The van der Waals surface area contributed by atoms with E-state index in [2.05, 4.69) is 5.32 Å². The van der Waals surface area contributed by atoms with Crippen LogP contribution in [-0.4, -0.2) is 62.8 Å². The molecule has 1 saturated heterocycles. The number of ketones is 1. The summed E-state index contributed by atoms with van der Waals surface area (Å²) in [6.07, 6.45) is 2.07. The van der Waals surface area contributed by atoms with Crippen LogP contribution in [0.15, 0.2) is 42.5 Å². The van der Waals surface area contributed by atoms with Crippen LogP contribution < -0.4 is 5.32 Å². The van der Waals surface area contributed by atoms with Gasteiger partial charge in [-0.2, -0.15) is 0 Å². The third-order valence-electron chi connectivity index (χ3n) is 5.59. The molecule has 144 valence electrons. The molecule has 1 aliphatic carbocycles. The Morgan fingerprint density at radius 3 is 2.70 bits per heavy atom. The summed E-state index contributed by atoms with van der Waals surface area (Å²) in [6.45, 7) is 2.46. The Balaban J connectivity index is 1.52. The zero-order valence-corrected chi connectivity index (χ0v) is 16.2. The monoisotopic (exact) mass is 386 g/mol. The molecule has 2 fully saturated rings. The Morgan fingerprint density at radius 2 is 1.89 bits per heavy atom. The number of sulfone groups is 1. The number of carbonyl (C=O) groups is 1. The minimum Gasteiger partial charge on any atom is -0.313 e. The fourth-order valence-electron chi connectivity index (χ4n) is 3.88. The highest BCUT2D eigenvalue weighted by molar-refractivity contribution is 7.91. The lowest BCUT2D eigenvalue weighted by Gasteiger charge is -2.35. The molecule has 1 N–H and O–H groups in total. The van der Waals surface area contributed by atoms with Crippen molar-refractivity contribution in [2.45, 2.75) is 18.9 Å². The predicted molar refractivity (Wildman–Crippen MR) is 108 cm³/mol. The number of Topliss-reactive ketones (excluding diaryl/α,β-unsaturated/α-hetero) is 1. The molecule has 2 aromatic rings. The molecule has 6 heteroatoms. The second-order valence-corrected chi connectivity index (χ2v) is 9.93. The Kier molecular flexibility index (Phi) is 5.30. The van der Waals surface area contributed by atoms with Crippen LogP contribution in [0, 0.1) is 5.92 Å². The fraction of sp³-hybridized carbons (Fsp3) is 0.476. The number of hydrogen-bond donors (Lipinski definition) is 1. The maximum absolute atomic E-state index is 13.3. The molecular formula is C21H26N2O3S. The Bertz CT molecular complexity index is 932. The summed E-state index contributed by atoms with van der Waals surface area (Å²) in [5.41, 5.74) is 0.715. The standard InChI is InChI=1S/C21H26N2O3S/c24-21(19-7-3-5-17-4-1-2-6-18(17)19)20-14-22-10-11-23(20)12-13-27(25,26)15-16-8-9-16/h1-7,16,20,22H,8-15H2/t20-/m0/s1. The van der Waals surface area contributed by atoms with Crippen molar-refractivity contribution in [2.75, 3.05) is 37.7 Å². The van der Waals surface area contributed by atoms with Crippen LogP contribution >= 0.6 is 0 Å². The van der Waals surface area contributed by atoms with Crippen molar-refractivity contribution in [3.63, 3.8) is 0 Å². The molecule has 27 heavy (non-hydrogen) atoms. The summed E-state index contributed by atoms with van der Waals surface area (Å²) in [5, 5.41) is 5.29. The third-order valence-corrected chi connectivity index (χ3v) is 7.37. The molecule has 5 nitrogen and oxygen atoms in total. The van der Waals surface area contributed by atoms with Crippen molar-refractivity contribution in [3.05, 3.63) is 48.0 Å². The van der Waals surface area contributed by atoms with Crippen molar-refractivity contribution in [1.29, 1.82) is 0 Å². The van der Waals surface area contributed by atoms with Crippen molar-refractivity contribution < 1.29 is 13.2 Å². The van der Waals surface area contributed by atoms with Gasteiger partial charge >= 0.3 is 0 Å². The van der Waals surface area contributed by atoms with Gasteiger partial charge in [0.05, 0.1) is 17.5 Å². The number of nitrogens with one attached hydrogen (secondary N) is 1. The molecule has 0 aromatic heterocycles. The van der Waals surface area contributed by atoms with Crippen LogP contribution in [0.25, 0.3) is 10.8 Å². The van der Waals surface area contributed by atoms with Gasteiger partial charge in [0.1, 0.15) is 0 Å². The van der Waals surface area contributed by atoms with E-state index in [9.17, 15) is 13.2 Å². The van der Waals surface area contributed by atoms with E-state index >= 15 is 0 Å². The van der Waals surface area contributed by atoms with Crippen molar-refractivity contribution in [2.24, 2.45) is 5.92 Å². The fourth-order valence-corrected chi connectivity index (χ4v) is 5.61.